The van der Waals surface area contributed by atoms with Crippen molar-refractivity contribution in [3.8, 4) is 0 Å². The van der Waals surface area contributed by atoms with Gasteiger partial charge in [-0.15, -0.1) is 0 Å². The van der Waals surface area contributed by atoms with E-state index < -0.39 is 29.0 Å². The molecule has 1 heterocycles. The highest BCUT2D eigenvalue weighted by atomic mass is 19.4. The zero-order valence-corrected chi connectivity index (χ0v) is 17.7. The minimum Gasteiger partial charge on any atom is -0.291 e. The van der Waals surface area contributed by atoms with E-state index in [2.05, 4.69) is 4.99 Å². The molecule has 1 aromatic heterocycles. The van der Waals surface area contributed by atoms with Gasteiger partial charge in [0.2, 0.25) is 0 Å². The van der Waals surface area contributed by atoms with Crippen LogP contribution in [-0.4, -0.2) is 15.3 Å². The predicted octanol–water partition coefficient (Wildman–Crippen LogP) is 5.21. The fraction of sp³-hybridized carbons (Fsp3) is 0.545. The van der Waals surface area contributed by atoms with Crippen LogP contribution in [0, 0.1) is 11.7 Å². The Morgan fingerprint density at radius 3 is 2.33 bits per heavy atom. The molecule has 0 spiro atoms. The van der Waals surface area contributed by atoms with Crippen molar-refractivity contribution in [2.45, 2.75) is 64.6 Å². The standard InChI is InChI=1S/C22H27F4N3O/c1-21(2,3)18-12-19(29(28(18)4)13-14-7-5-6-8-14)27-20(30)16-11-15(22(24,25)26)9-10-17(16)23/h9-12,14H,5-8,13H2,1-4H3. The van der Waals surface area contributed by atoms with Gasteiger partial charge in [-0.2, -0.15) is 18.2 Å². The number of rotatable bonds is 3. The van der Waals surface area contributed by atoms with Gasteiger partial charge in [0.25, 0.3) is 5.91 Å². The summed E-state index contributed by atoms with van der Waals surface area (Å²) < 4.78 is 57.0. The van der Waals surface area contributed by atoms with E-state index in [4.69, 9.17) is 0 Å². The van der Waals surface area contributed by atoms with Crippen LogP contribution in [0.4, 0.5) is 17.6 Å². The number of alkyl halides is 3. The van der Waals surface area contributed by atoms with Crippen LogP contribution in [0.3, 0.4) is 0 Å². The predicted molar refractivity (Wildman–Crippen MR) is 105 cm³/mol. The minimum absolute atomic E-state index is 0.232. The Kier molecular flexibility index (Phi) is 5.98. The van der Waals surface area contributed by atoms with E-state index in [1.807, 2.05) is 37.2 Å². The summed E-state index contributed by atoms with van der Waals surface area (Å²) in [5.41, 5.74) is -0.736. The summed E-state index contributed by atoms with van der Waals surface area (Å²) in [7, 11) is 1.88. The fourth-order valence-electron chi connectivity index (χ4n) is 4.05. The first kappa shape index (κ1) is 22.3. The van der Waals surface area contributed by atoms with Crippen LogP contribution in [-0.2, 0) is 25.2 Å². The van der Waals surface area contributed by atoms with Crippen LogP contribution in [0.25, 0.3) is 0 Å². The van der Waals surface area contributed by atoms with Crippen molar-refractivity contribution >= 4 is 5.91 Å². The van der Waals surface area contributed by atoms with E-state index in [1.165, 1.54) is 0 Å². The van der Waals surface area contributed by atoms with Crippen molar-refractivity contribution in [2.75, 3.05) is 0 Å². The molecule has 0 N–H and O–H groups in total. The third-order valence-electron chi connectivity index (χ3n) is 5.66. The number of carbonyl (C=O) groups is 1. The largest absolute Gasteiger partial charge is 0.416 e. The summed E-state index contributed by atoms with van der Waals surface area (Å²) in [5.74, 6) is -1.60. The first-order valence-electron chi connectivity index (χ1n) is 10.1. The van der Waals surface area contributed by atoms with Crippen molar-refractivity contribution in [3.05, 3.63) is 52.4 Å². The molecule has 1 aliphatic rings. The third-order valence-corrected chi connectivity index (χ3v) is 5.66. The smallest absolute Gasteiger partial charge is 0.291 e. The molecule has 8 heteroatoms. The second kappa shape index (κ2) is 8.04. The van der Waals surface area contributed by atoms with Crippen LogP contribution in [0.15, 0.2) is 29.3 Å². The van der Waals surface area contributed by atoms with Gasteiger partial charge >= 0.3 is 6.18 Å². The summed E-state index contributed by atoms with van der Waals surface area (Å²) in [5, 5.41) is 0. The van der Waals surface area contributed by atoms with Crippen molar-refractivity contribution in [1.29, 1.82) is 0 Å². The Morgan fingerprint density at radius 2 is 1.77 bits per heavy atom. The Bertz CT molecular complexity index is 1000. The van der Waals surface area contributed by atoms with Crippen LogP contribution in [0.5, 0.6) is 0 Å². The molecule has 1 aliphatic carbocycles. The second-order valence-electron chi connectivity index (χ2n) is 9.00. The summed E-state index contributed by atoms with van der Waals surface area (Å²) in [4.78, 5) is 16.7. The van der Waals surface area contributed by atoms with Crippen molar-refractivity contribution in [3.63, 3.8) is 0 Å². The second-order valence-corrected chi connectivity index (χ2v) is 9.00. The quantitative estimate of drug-likeness (QED) is 0.622. The number of hydrogen-bond acceptors (Lipinski definition) is 1. The van der Waals surface area contributed by atoms with Gasteiger partial charge in [-0.3, -0.25) is 14.2 Å². The lowest BCUT2D eigenvalue weighted by molar-refractivity contribution is -0.137. The van der Waals surface area contributed by atoms with Gasteiger partial charge in [-0.1, -0.05) is 33.6 Å². The normalized spacial score (nSPS) is 16.5. The molecule has 1 fully saturated rings. The molecule has 0 bridgehead atoms. The molecule has 4 nitrogen and oxygen atoms in total. The highest BCUT2D eigenvalue weighted by Crippen LogP contribution is 2.31. The maximum Gasteiger partial charge on any atom is 0.416 e. The molecule has 30 heavy (non-hydrogen) atoms. The molecule has 0 saturated heterocycles. The first-order chi connectivity index (χ1) is 13.9. The molecule has 0 aliphatic heterocycles. The van der Waals surface area contributed by atoms with Crippen LogP contribution < -0.4 is 5.49 Å². The summed E-state index contributed by atoms with van der Waals surface area (Å²) in [6.07, 6.45) is -0.195. The molecule has 0 atom stereocenters. The molecule has 2 aromatic rings. The maximum absolute atomic E-state index is 14.2. The summed E-state index contributed by atoms with van der Waals surface area (Å²) in [6.45, 7) is 6.74. The molecule has 1 amide bonds. The Balaban J connectivity index is 2.08. The van der Waals surface area contributed by atoms with Gasteiger partial charge in [0, 0.05) is 30.8 Å². The number of hydrogen-bond donors (Lipinski definition) is 0. The zero-order valence-electron chi connectivity index (χ0n) is 17.7. The SMILES string of the molecule is Cn1c(C(C)(C)C)cc(=NC(=O)c2cc(C(F)(F)F)ccc2F)n1CC1CCCC1. The molecule has 1 aromatic carbocycles. The van der Waals surface area contributed by atoms with E-state index in [0.717, 1.165) is 31.4 Å². The number of amides is 1. The Labute approximate surface area is 173 Å². The molecular weight excluding hydrogens is 398 g/mol. The average molecular weight is 425 g/mol. The molecular formula is C22H27F4N3O. The number of carbonyl (C=O) groups excluding carboxylic acids is 1. The van der Waals surface area contributed by atoms with Gasteiger partial charge in [-0.05, 0) is 37.0 Å². The van der Waals surface area contributed by atoms with Gasteiger partial charge in [0.05, 0.1) is 11.1 Å². The van der Waals surface area contributed by atoms with Gasteiger partial charge in [0.15, 0.2) is 5.49 Å². The third kappa shape index (κ3) is 4.68. The molecule has 0 unspecified atom stereocenters. The number of aromatic nitrogens is 2. The van der Waals surface area contributed by atoms with E-state index >= 15 is 0 Å². The highest BCUT2D eigenvalue weighted by molar-refractivity contribution is 5.95. The highest BCUT2D eigenvalue weighted by Gasteiger charge is 2.32. The van der Waals surface area contributed by atoms with Crippen LogP contribution in [0.1, 0.15) is 68.1 Å². The van der Waals surface area contributed by atoms with Crippen LogP contribution >= 0.6 is 0 Å². The number of nitrogens with zero attached hydrogens (tertiary/aromatic N) is 3. The minimum atomic E-state index is -4.67. The van der Waals surface area contributed by atoms with Crippen molar-refractivity contribution in [1.82, 2.24) is 9.36 Å². The van der Waals surface area contributed by atoms with Crippen LogP contribution in [0.2, 0.25) is 0 Å². The lowest BCUT2D eigenvalue weighted by Crippen LogP contribution is -2.28. The maximum atomic E-state index is 14.2. The van der Waals surface area contributed by atoms with E-state index in [9.17, 15) is 22.4 Å². The van der Waals surface area contributed by atoms with E-state index in [-0.39, 0.29) is 5.41 Å². The van der Waals surface area contributed by atoms with Gasteiger partial charge < -0.3 is 0 Å². The molecule has 164 valence electrons. The molecule has 3 rings (SSSR count). The lowest BCUT2D eigenvalue weighted by Gasteiger charge is -2.21. The summed E-state index contributed by atoms with van der Waals surface area (Å²) in [6, 6.07) is 3.56. The molecule has 0 radical (unpaired) electrons. The number of halogens is 4. The lowest BCUT2D eigenvalue weighted by atomic mass is 9.92. The average Bonchev–Trinajstić information content (AvgIpc) is 3.24. The van der Waals surface area contributed by atoms with Gasteiger partial charge in [0.1, 0.15) is 5.82 Å². The Morgan fingerprint density at radius 1 is 1.13 bits per heavy atom. The fourth-order valence-corrected chi connectivity index (χ4v) is 4.05. The topological polar surface area (TPSA) is 39.3 Å². The van der Waals surface area contributed by atoms with E-state index in [1.54, 1.807) is 6.07 Å². The van der Waals surface area contributed by atoms with Crippen molar-refractivity contribution in [2.24, 2.45) is 18.0 Å². The number of benzene rings is 1. The van der Waals surface area contributed by atoms with Crippen molar-refractivity contribution < 1.29 is 22.4 Å². The monoisotopic (exact) mass is 425 g/mol. The van der Waals surface area contributed by atoms with Gasteiger partial charge in [-0.25, -0.2) is 4.39 Å². The zero-order chi connectivity index (χ0) is 22.3. The first-order valence-corrected chi connectivity index (χ1v) is 10.1. The summed E-state index contributed by atoms with van der Waals surface area (Å²) >= 11 is 0. The Hall–Kier alpha value is -2.38. The van der Waals surface area contributed by atoms with E-state index in [0.29, 0.717) is 36.1 Å². The molecule has 1 saturated carbocycles.